The molecule has 1 aliphatic rings. The van der Waals surface area contributed by atoms with Crippen molar-refractivity contribution < 1.29 is 9.13 Å². The molecule has 17 heavy (non-hydrogen) atoms. The molecule has 94 valence electrons. The van der Waals surface area contributed by atoms with Crippen LogP contribution in [0.2, 0.25) is 0 Å². The first kappa shape index (κ1) is 12.4. The molecule has 2 nitrogen and oxygen atoms in total. The third-order valence-corrected chi connectivity index (χ3v) is 3.45. The molecular weight excluding hydrogens is 217 g/mol. The molecule has 1 fully saturated rings. The van der Waals surface area contributed by atoms with Crippen LogP contribution < -0.4 is 10.1 Å². The molecule has 1 heterocycles. The van der Waals surface area contributed by atoms with Crippen LogP contribution in [0.3, 0.4) is 0 Å². The highest BCUT2D eigenvalue weighted by atomic mass is 19.1. The maximum atomic E-state index is 14.1. The van der Waals surface area contributed by atoms with Gasteiger partial charge in [-0.05, 0) is 62.4 Å². The van der Waals surface area contributed by atoms with E-state index < -0.39 is 0 Å². The number of ether oxygens (including phenoxy) is 1. The highest BCUT2D eigenvalue weighted by Crippen LogP contribution is 2.26. The average Bonchev–Trinajstić information content (AvgIpc) is 2.34. The summed E-state index contributed by atoms with van der Waals surface area (Å²) in [5.41, 5.74) is 1.86. The second kappa shape index (κ2) is 5.50. The maximum Gasteiger partial charge on any atom is 0.168 e. The van der Waals surface area contributed by atoms with E-state index in [0.717, 1.165) is 43.5 Å². The van der Waals surface area contributed by atoms with Crippen molar-refractivity contribution in [3.63, 3.8) is 0 Å². The van der Waals surface area contributed by atoms with Gasteiger partial charge in [0.15, 0.2) is 11.6 Å². The van der Waals surface area contributed by atoms with Crippen LogP contribution in [-0.2, 0) is 6.42 Å². The largest absolute Gasteiger partial charge is 0.494 e. The van der Waals surface area contributed by atoms with Gasteiger partial charge in [0, 0.05) is 0 Å². The quantitative estimate of drug-likeness (QED) is 0.872. The SMILES string of the molecule is COc1cc(C)cc(CC2CCNCC2)c1F. The molecule has 1 aromatic carbocycles. The van der Waals surface area contributed by atoms with E-state index in [1.807, 2.05) is 13.0 Å². The fourth-order valence-electron chi connectivity index (χ4n) is 2.50. The van der Waals surface area contributed by atoms with Crippen LogP contribution in [0.4, 0.5) is 4.39 Å². The van der Waals surface area contributed by atoms with Gasteiger partial charge in [0.1, 0.15) is 0 Å². The number of methoxy groups -OCH3 is 1. The van der Waals surface area contributed by atoms with Crippen LogP contribution in [0.15, 0.2) is 12.1 Å². The number of hydrogen-bond acceptors (Lipinski definition) is 2. The predicted octanol–water partition coefficient (Wildman–Crippen LogP) is 2.68. The average molecular weight is 237 g/mol. The summed E-state index contributed by atoms with van der Waals surface area (Å²) in [4.78, 5) is 0. The molecule has 0 radical (unpaired) electrons. The van der Waals surface area contributed by atoms with E-state index in [0.29, 0.717) is 11.7 Å². The second-order valence-corrected chi connectivity index (χ2v) is 4.84. The standard InChI is InChI=1S/C14H20FNO/c1-10-7-12(14(15)13(8-10)17-2)9-11-3-5-16-6-4-11/h7-8,11,16H,3-6,9H2,1-2H3. The zero-order chi connectivity index (χ0) is 12.3. The van der Waals surface area contributed by atoms with Crippen molar-refractivity contribution in [2.45, 2.75) is 26.2 Å². The van der Waals surface area contributed by atoms with Gasteiger partial charge in [-0.3, -0.25) is 0 Å². The zero-order valence-corrected chi connectivity index (χ0v) is 10.6. The number of rotatable bonds is 3. The van der Waals surface area contributed by atoms with Gasteiger partial charge in [0.05, 0.1) is 7.11 Å². The van der Waals surface area contributed by atoms with Gasteiger partial charge < -0.3 is 10.1 Å². The third-order valence-electron chi connectivity index (χ3n) is 3.45. The van der Waals surface area contributed by atoms with Crippen molar-refractivity contribution in [1.29, 1.82) is 0 Å². The summed E-state index contributed by atoms with van der Waals surface area (Å²) in [7, 11) is 1.52. The normalized spacial score (nSPS) is 17.1. The third kappa shape index (κ3) is 2.97. The molecule has 3 heteroatoms. The summed E-state index contributed by atoms with van der Waals surface area (Å²) in [6.07, 6.45) is 3.09. The highest BCUT2D eigenvalue weighted by Gasteiger charge is 2.17. The first-order chi connectivity index (χ1) is 8.20. The van der Waals surface area contributed by atoms with E-state index in [9.17, 15) is 4.39 Å². The number of piperidine rings is 1. The van der Waals surface area contributed by atoms with Crippen LogP contribution in [0.5, 0.6) is 5.75 Å². The van der Waals surface area contributed by atoms with Crippen molar-refractivity contribution in [3.05, 3.63) is 29.1 Å². The number of nitrogens with one attached hydrogen (secondary N) is 1. The van der Waals surface area contributed by atoms with Gasteiger partial charge in [0.2, 0.25) is 0 Å². The summed E-state index contributed by atoms with van der Waals surface area (Å²) in [6.45, 7) is 4.08. The Bertz CT molecular complexity index is 386. The highest BCUT2D eigenvalue weighted by molar-refractivity contribution is 5.36. The Hall–Kier alpha value is -1.09. The predicted molar refractivity (Wildman–Crippen MR) is 67.0 cm³/mol. The summed E-state index contributed by atoms with van der Waals surface area (Å²) in [5, 5.41) is 3.33. The molecule has 1 N–H and O–H groups in total. The Balaban J connectivity index is 2.16. The Kier molecular flexibility index (Phi) is 4.00. The van der Waals surface area contributed by atoms with Gasteiger partial charge in [0.25, 0.3) is 0 Å². The molecule has 0 aromatic heterocycles. The molecule has 0 atom stereocenters. The van der Waals surface area contributed by atoms with Crippen LogP contribution in [0.25, 0.3) is 0 Å². The van der Waals surface area contributed by atoms with E-state index in [1.54, 1.807) is 6.07 Å². The van der Waals surface area contributed by atoms with Crippen molar-refractivity contribution in [2.75, 3.05) is 20.2 Å². The van der Waals surface area contributed by atoms with Crippen molar-refractivity contribution in [1.82, 2.24) is 5.32 Å². The van der Waals surface area contributed by atoms with Gasteiger partial charge in [-0.15, -0.1) is 0 Å². The molecule has 2 rings (SSSR count). The number of aryl methyl sites for hydroxylation is 1. The number of hydrogen-bond donors (Lipinski definition) is 1. The summed E-state index contributed by atoms with van der Waals surface area (Å²) in [5.74, 6) is 0.780. The van der Waals surface area contributed by atoms with E-state index in [-0.39, 0.29) is 5.82 Å². The van der Waals surface area contributed by atoms with Crippen LogP contribution in [0, 0.1) is 18.7 Å². The number of benzene rings is 1. The van der Waals surface area contributed by atoms with E-state index >= 15 is 0 Å². The van der Waals surface area contributed by atoms with Gasteiger partial charge in [-0.25, -0.2) is 4.39 Å². The molecule has 0 amide bonds. The Morgan fingerprint density at radius 2 is 2.06 bits per heavy atom. The minimum Gasteiger partial charge on any atom is -0.494 e. The van der Waals surface area contributed by atoms with Crippen molar-refractivity contribution >= 4 is 0 Å². The minimum absolute atomic E-state index is 0.184. The molecular formula is C14H20FNO. The lowest BCUT2D eigenvalue weighted by Gasteiger charge is -2.23. The van der Waals surface area contributed by atoms with Crippen LogP contribution >= 0.6 is 0 Å². The minimum atomic E-state index is -0.184. The van der Waals surface area contributed by atoms with Crippen molar-refractivity contribution in [3.8, 4) is 5.75 Å². The van der Waals surface area contributed by atoms with Gasteiger partial charge in [-0.1, -0.05) is 6.07 Å². The maximum absolute atomic E-state index is 14.1. The van der Waals surface area contributed by atoms with Gasteiger partial charge >= 0.3 is 0 Å². The Labute approximate surface area is 102 Å². The fourth-order valence-corrected chi connectivity index (χ4v) is 2.50. The molecule has 1 aromatic rings. The summed E-state index contributed by atoms with van der Waals surface area (Å²) >= 11 is 0. The monoisotopic (exact) mass is 237 g/mol. The lowest BCUT2D eigenvalue weighted by molar-refractivity contribution is 0.358. The lowest BCUT2D eigenvalue weighted by Crippen LogP contribution is -2.28. The van der Waals surface area contributed by atoms with Gasteiger partial charge in [-0.2, -0.15) is 0 Å². The molecule has 0 saturated carbocycles. The van der Waals surface area contributed by atoms with Crippen LogP contribution in [-0.4, -0.2) is 20.2 Å². The Morgan fingerprint density at radius 1 is 1.35 bits per heavy atom. The zero-order valence-electron chi connectivity index (χ0n) is 10.6. The molecule has 0 spiro atoms. The molecule has 0 bridgehead atoms. The van der Waals surface area contributed by atoms with E-state index in [1.165, 1.54) is 7.11 Å². The molecule has 0 unspecified atom stereocenters. The summed E-state index contributed by atoms with van der Waals surface area (Å²) in [6, 6.07) is 3.70. The fraction of sp³-hybridized carbons (Fsp3) is 0.571. The number of halogens is 1. The lowest BCUT2D eigenvalue weighted by atomic mass is 9.90. The molecule has 0 aliphatic carbocycles. The summed E-state index contributed by atoms with van der Waals surface area (Å²) < 4.78 is 19.1. The second-order valence-electron chi connectivity index (χ2n) is 4.84. The first-order valence-electron chi connectivity index (χ1n) is 6.24. The molecule has 1 aliphatic heterocycles. The topological polar surface area (TPSA) is 21.3 Å². The molecule has 1 saturated heterocycles. The Morgan fingerprint density at radius 3 is 2.71 bits per heavy atom. The first-order valence-corrected chi connectivity index (χ1v) is 6.24. The van der Waals surface area contributed by atoms with E-state index in [2.05, 4.69) is 5.32 Å². The van der Waals surface area contributed by atoms with Crippen molar-refractivity contribution in [2.24, 2.45) is 5.92 Å². The smallest absolute Gasteiger partial charge is 0.168 e. The van der Waals surface area contributed by atoms with E-state index in [4.69, 9.17) is 4.74 Å². The van der Waals surface area contributed by atoms with Crippen LogP contribution in [0.1, 0.15) is 24.0 Å².